The Kier molecular flexibility index (Phi) is 3.94. The molecule has 3 N–H and O–H groups in total. The minimum atomic E-state index is -0.367. The van der Waals surface area contributed by atoms with Crippen LogP contribution in [0.15, 0.2) is 28.7 Å². The summed E-state index contributed by atoms with van der Waals surface area (Å²) < 4.78 is 5.71. The van der Waals surface area contributed by atoms with Crippen molar-refractivity contribution in [1.82, 2.24) is 10.3 Å². The lowest BCUT2D eigenvalue weighted by Crippen LogP contribution is -2.32. The van der Waals surface area contributed by atoms with Gasteiger partial charge in [0.2, 0.25) is 0 Å². The normalized spacial score (nSPS) is 19.2. The Hall–Kier alpha value is -1.85. The number of hydrazine groups is 1. The Labute approximate surface area is 124 Å². The summed E-state index contributed by atoms with van der Waals surface area (Å²) in [4.78, 5) is 14.4. The van der Waals surface area contributed by atoms with E-state index in [4.69, 9.17) is 10.3 Å². The fraction of sp³-hybridized carbons (Fsp3) is 0.438. The summed E-state index contributed by atoms with van der Waals surface area (Å²) >= 11 is 0. The molecule has 1 saturated heterocycles. The van der Waals surface area contributed by atoms with Crippen molar-refractivity contribution in [2.75, 3.05) is 6.54 Å². The lowest BCUT2D eigenvalue weighted by Gasteiger charge is -2.23. The van der Waals surface area contributed by atoms with Crippen molar-refractivity contribution in [3.63, 3.8) is 0 Å². The average molecular weight is 287 g/mol. The molecule has 1 fully saturated rings. The summed E-state index contributed by atoms with van der Waals surface area (Å²) in [5.41, 5.74) is 3.85. The van der Waals surface area contributed by atoms with Gasteiger partial charge < -0.3 is 4.42 Å². The molecule has 0 radical (unpaired) electrons. The van der Waals surface area contributed by atoms with Crippen molar-refractivity contribution in [3.05, 3.63) is 35.6 Å². The molecular weight excluding hydrogens is 266 g/mol. The van der Waals surface area contributed by atoms with Crippen LogP contribution in [0.3, 0.4) is 0 Å². The SMILES string of the molecule is CCC1CCCN1Cc1c(C(=O)NN)oc2ccccc12. The number of nitrogens with zero attached hydrogens (tertiary/aromatic N) is 1. The van der Waals surface area contributed by atoms with E-state index in [0.717, 1.165) is 36.0 Å². The first-order valence-corrected chi connectivity index (χ1v) is 7.50. The number of nitrogen functional groups attached to an aromatic ring is 1. The predicted octanol–water partition coefficient (Wildman–Crippen LogP) is 2.41. The van der Waals surface area contributed by atoms with E-state index >= 15 is 0 Å². The number of carbonyl (C=O) groups is 1. The molecule has 0 saturated carbocycles. The smallest absolute Gasteiger partial charge is 0.301 e. The highest BCUT2D eigenvalue weighted by atomic mass is 16.3. The highest BCUT2D eigenvalue weighted by molar-refractivity contribution is 5.98. The van der Waals surface area contributed by atoms with Gasteiger partial charge in [0.15, 0.2) is 5.76 Å². The number of fused-ring (bicyclic) bond motifs is 1. The van der Waals surface area contributed by atoms with Crippen molar-refractivity contribution in [3.8, 4) is 0 Å². The Morgan fingerprint density at radius 2 is 2.29 bits per heavy atom. The van der Waals surface area contributed by atoms with Crippen molar-refractivity contribution in [2.45, 2.75) is 38.8 Å². The number of nitrogens with two attached hydrogens (primary N) is 1. The topological polar surface area (TPSA) is 71.5 Å². The zero-order valence-corrected chi connectivity index (χ0v) is 12.3. The molecule has 1 unspecified atom stereocenters. The van der Waals surface area contributed by atoms with Crippen LogP contribution in [0.2, 0.25) is 0 Å². The molecule has 2 heterocycles. The third kappa shape index (κ3) is 2.54. The summed E-state index contributed by atoms with van der Waals surface area (Å²) in [6.45, 7) is 4.02. The number of benzene rings is 1. The molecule has 3 rings (SSSR count). The number of carbonyl (C=O) groups excluding carboxylic acids is 1. The van der Waals surface area contributed by atoms with Crippen LogP contribution >= 0.6 is 0 Å². The van der Waals surface area contributed by atoms with E-state index in [0.29, 0.717) is 11.8 Å². The Bertz CT molecular complexity index is 650. The Morgan fingerprint density at radius 3 is 3.05 bits per heavy atom. The van der Waals surface area contributed by atoms with Crippen LogP contribution in [0.4, 0.5) is 0 Å². The van der Waals surface area contributed by atoms with Crippen LogP contribution in [0.25, 0.3) is 11.0 Å². The van der Waals surface area contributed by atoms with Crippen molar-refractivity contribution < 1.29 is 9.21 Å². The number of rotatable bonds is 4. The van der Waals surface area contributed by atoms with Crippen molar-refractivity contribution >= 4 is 16.9 Å². The maximum atomic E-state index is 12.0. The maximum absolute atomic E-state index is 12.0. The Balaban J connectivity index is 2.01. The summed E-state index contributed by atoms with van der Waals surface area (Å²) in [5.74, 6) is 5.25. The van der Waals surface area contributed by atoms with Gasteiger partial charge in [-0.2, -0.15) is 0 Å². The van der Waals surface area contributed by atoms with E-state index in [9.17, 15) is 4.79 Å². The predicted molar refractivity (Wildman–Crippen MR) is 81.6 cm³/mol. The van der Waals surface area contributed by atoms with Gasteiger partial charge in [-0.3, -0.25) is 15.1 Å². The second-order valence-electron chi connectivity index (χ2n) is 5.55. The molecule has 1 atom stereocenters. The number of hydrogen-bond donors (Lipinski definition) is 2. The van der Waals surface area contributed by atoms with Crippen LogP contribution in [-0.2, 0) is 6.54 Å². The van der Waals surface area contributed by atoms with Gasteiger partial charge in [0.1, 0.15) is 5.58 Å². The molecule has 0 bridgehead atoms. The molecule has 0 aliphatic carbocycles. The number of likely N-dealkylation sites (tertiary alicyclic amines) is 1. The first-order valence-electron chi connectivity index (χ1n) is 7.50. The monoisotopic (exact) mass is 287 g/mol. The lowest BCUT2D eigenvalue weighted by atomic mass is 10.1. The van der Waals surface area contributed by atoms with Crippen LogP contribution in [0.1, 0.15) is 42.3 Å². The molecule has 5 heteroatoms. The molecule has 1 aliphatic heterocycles. The van der Waals surface area contributed by atoms with E-state index < -0.39 is 0 Å². The van der Waals surface area contributed by atoms with Crippen molar-refractivity contribution in [2.24, 2.45) is 5.84 Å². The molecule has 1 aromatic carbocycles. The third-order valence-corrected chi connectivity index (χ3v) is 4.37. The minimum absolute atomic E-state index is 0.334. The third-order valence-electron chi connectivity index (χ3n) is 4.37. The van der Waals surface area contributed by atoms with E-state index in [1.54, 1.807) is 0 Å². The van der Waals surface area contributed by atoms with E-state index in [1.165, 1.54) is 12.8 Å². The number of nitrogens with one attached hydrogen (secondary N) is 1. The van der Waals surface area contributed by atoms with Gasteiger partial charge in [-0.15, -0.1) is 0 Å². The van der Waals surface area contributed by atoms with Gasteiger partial charge in [-0.25, -0.2) is 5.84 Å². The summed E-state index contributed by atoms with van der Waals surface area (Å²) in [6, 6.07) is 8.34. The van der Waals surface area contributed by atoms with Gasteiger partial charge in [-0.05, 0) is 31.9 Å². The number of hydrogen-bond acceptors (Lipinski definition) is 4. The zero-order chi connectivity index (χ0) is 14.8. The molecule has 1 amide bonds. The second-order valence-corrected chi connectivity index (χ2v) is 5.55. The first-order chi connectivity index (χ1) is 10.2. The Morgan fingerprint density at radius 1 is 1.48 bits per heavy atom. The van der Waals surface area contributed by atoms with Crippen molar-refractivity contribution in [1.29, 1.82) is 0 Å². The van der Waals surface area contributed by atoms with Gasteiger partial charge in [0.25, 0.3) is 0 Å². The highest BCUT2D eigenvalue weighted by Crippen LogP contribution is 2.30. The second kappa shape index (κ2) is 5.87. The molecule has 0 spiro atoms. The molecule has 1 aromatic heterocycles. The zero-order valence-electron chi connectivity index (χ0n) is 12.3. The minimum Gasteiger partial charge on any atom is -0.451 e. The van der Waals surface area contributed by atoms with Crippen LogP contribution < -0.4 is 11.3 Å². The van der Waals surface area contributed by atoms with Gasteiger partial charge in [0.05, 0.1) is 0 Å². The molecule has 5 nitrogen and oxygen atoms in total. The fourth-order valence-electron chi connectivity index (χ4n) is 3.27. The molecule has 112 valence electrons. The first kappa shape index (κ1) is 14.1. The van der Waals surface area contributed by atoms with Gasteiger partial charge >= 0.3 is 5.91 Å². The molecular formula is C16H21N3O2. The van der Waals surface area contributed by atoms with E-state index in [1.807, 2.05) is 24.3 Å². The van der Waals surface area contributed by atoms with Crippen LogP contribution in [0, 0.1) is 0 Å². The highest BCUT2D eigenvalue weighted by Gasteiger charge is 2.27. The summed E-state index contributed by atoms with van der Waals surface area (Å²) in [7, 11) is 0. The van der Waals surface area contributed by atoms with Crippen LogP contribution in [0.5, 0.6) is 0 Å². The molecule has 2 aromatic rings. The standard InChI is InChI=1S/C16H21N3O2/c1-2-11-6-5-9-19(11)10-13-12-7-3-4-8-14(12)21-15(13)16(20)18-17/h3-4,7-8,11H,2,5-6,9-10,17H2,1H3,(H,18,20). The maximum Gasteiger partial charge on any atom is 0.301 e. The van der Waals surface area contributed by atoms with Crippen LogP contribution in [-0.4, -0.2) is 23.4 Å². The molecule has 1 aliphatic rings. The van der Waals surface area contributed by atoms with Gasteiger partial charge in [-0.1, -0.05) is 25.1 Å². The summed E-state index contributed by atoms with van der Waals surface area (Å²) in [5, 5.41) is 0.998. The molecule has 21 heavy (non-hydrogen) atoms. The number of para-hydroxylation sites is 1. The number of amides is 1. The fourth-order valence-corrected chi connectivity index (χ4v) is 3.27. The van der Waals surface area contributed by atoms with Gasteiger partial charge in [0, 0.05) is 23.5 Å². The lowest BCUT2D eigenvalue weighted by molar-refractivity contribution is 0.0925. The van der Waals surface area contributed by atoms with E-state index in [-0.39, 0.29) is 5.91 Å². The van der Waals surface area contributed by atoms with E-state index in [2.05, 4.69) is 17.2 Å². The number of furan rings is 1. The largest absolute Gasteiger partial charge is 0.451 e. The summed E-state index contributed by atoms with van der Waals surface area (Å²) in [6.07, 6.45) is 3.58. The average Bonchev–Trinajstić information content (AvgIpc) is 3.11. The quantitative estimate of drug-likeness (QED) is 0.514.